The van der Waals surface area contributed by atoms with E-state index in [1.807, 2.05) is 6.92 Å². The first-order chi connectivity index (χ1) is 12.5. The van der Waals surface area contributed by atoms with Crippen molar-refractivity contribution in [3.63, 3.8) is 0 Å². The molecule has 0 spiro atoms. The average molecular weight is 354 g/mol. The van der Waals surface area contributed by atoms with E-state index in [-0.39, 0.29) is 24.8 Å². The van der Waals surface area contributed by atoms with Crippen LogP contribution in [0.4, 0.5) is 10.1 Å². The standard InChI is InChI=1S/C19H19FN4O2/c1-13-18(10-19(26)21-17-8-4-15(12-25)5-9-17)22-23-24(13)11-14-2-6-16(20)7-3-14/h2-9,25H,10-12H2,1H3,(H,21,26). The summed E-state index contributed by atoms with van der Waals surface area (Å²) in [4.78, 5) is 12.2. The van der Waals surface area contributed by atoms with E-state index in [0.29, 0.717) is 17.9 Å². The average Bonchev–Trinajstić information content (AvgIpc) is 2.97. The highest BCUT2D eigenvalue weighted by molar-refractivity contribution is 5.92. The van der Waals surface area contributed by atoms with Gasteiger partial charge >= 0.3 is 0 Å². The molecule has 0 aliphatic rings. The topological polar surface area (TPSA) is 80.0 Å². The maximum absolute atomic E-state index is 13.0. The van der Waals surface area contributed by atoms with Crippen molar-refractivity contribution in [1.82, 2.24) is 15.0 Å². The summed E-state index contributed by atoms with van der Waals surface area (Å²) in [5.41, 5.74) is 3.72. The van der Waals surface area contributed by atoms with Crippen LogP contribution in [-0.2, 0) is 24.4 Å². The molecule has 134 valence electrons. The molecule has 0 saturated carbocycles. The largest absolute Gasteiger partial charge is 0.392 e. The van der Waals surface area contributed by atoms with E-state index in [9.17, 15) is 9.18 Å². The summed E-state index contributed by atoms with van der Waals surface area (Å²) in [5, 5.41) is 20.0. The first kappa shape index (κ1) is 17.8. The highest BCUT2D eigenvalue weighted by Crippen LogP contribution is 2.12. The summed E-state index contributed by atoms with van der Waals surface area (Å²) in [5.74, 6) is -0.480. The number of anilines is 1. The Morgan fingerprint density at radius 2 is 1.77 bits per heavy atom. The molecule has 0 fully saturated rings. The minimum absolute atomic E-state index is 0.0371. The third kappa shape index (κ3) is 4.31. The molecule has 26 heavy (non-hydrogen) atoms. The molecule has 2 N–H and O–H groups in total. The van der Waals surface area contributed by atoms with E-state index in [2.05, 4.69) is 15.6 Å². The van der Waals surface area contributed by atoms with Crippen LogP contribution >= 0.6 is 0 Å². The van der Waals surface area contributed by atoms with Crippen molar-refractivity contribution < 1.29 is 14.3 Å². The highest BCUT2D eigenvalue weighted by Gasteiger charge is 2.13. The number of nitrogens with one attached hydrogen (secondary N) is 1. The molecule has 3 rings (SSSR count). The third-order valence-electron chi connectivity index (χ3n) is 4.07. The molecule has 1 amide bonds. The molecule has 0 unspecified atom stereocenters. The van der Waals surface area contributed by atoms with Crippen LogP contribution in [0.1, 0.15) is 22.5 Å². The molecule has 0 aliphatic carbocycles. The predicted octanol–water partition coefficient (Wildman–Crippen LogP) is 2.45. The predicted molar refractivity (Wildman–Crippen MR) is 95.0 cm³/mol. The molecular formula is C19H19FN4O2. The van der Waals surface area contributed by atoms with Crippen LogP contribution in [0.5, 0.6) is 0 Å². The minimum atomic E-state index is -0.284. The molecule has 0 bridgehead atoms. The molecule has 0 aliphatic heterocycles. The number of halogens is 1. The Bertz CT molecular complexity index is 889. The zero-order valence-corrected chi connectivity index (χ0v) is 14.3. The fraction of sp³-hybridized carbons (Fsp3) is 0.211. The number of hydrogen-bond acceptors (Lipinski definition) is 4. The van der Waals surface area contributed by atoms with Gasteiger partial charge in [-0.1, -0.05) is 29.5 Å². The van der Waals surface area contributed by atoms with Gasteiger partial charge in [0.2, 0.25) is 5.91 Å². The van der Waals surface area contributed by atoms with Gasteiger partial charge < -0.3 is 10.4 Å². The minimum Gasteiger partial charge on any atom is -0.392 e. The van der Waals surface area contributed by atoms with Gasteiger partial charge in [0.1, 0.15) is 5.82 Å². The number of carbonyl (C=O) groups excluding carboxylic acids is 1. The second-order valence-electron chi connectivity index (χ2n) is 5.99. The number of nitrogens with zero attached hydrogens (tertiary/aromatic N) is 3. The molecule has 0 radical (unpaired) electrons. The van der Waals surface area contributed by atoms with Crippen molar-refractivity contribution in [2.45, 2.75) is 26.5 Å². The maximum atomic E-state index is 13.0. The first-order valence-corrected chi connectivity index (χ1v) is 8.18. The molecule has 1 heterocycles. The van der Waals surface area contributed by atoms with E-state index in [0.717, 1.165) is 16.8 Å². The van der Waals surface area contributed by atoms with Gasteiger partial charge in [-0.2, -0.15) is 0 Å². The van der Waals surface area contributed by atoms with Gasteiger partial charge in [0.25, 0.3) is 0 Å². The van der Waals surface area contributed by atoms with Crippen LogP contribution < -0.4 is 5.32 Å². The van der Waals surface area contributed by atoms with Crippen molar-refractivity contribution in [1.29, 1.82) is 0 Å². The zero-order valence-electron chi connectivity index (χ0n) is 14.3. The number of rotatable bonds is 6. The van der Waals surface area contributed by atoms with Crippen molar-refractivity contribution in [2.75, 3.05) is 5.32 Å². The first-order valence-electron chi connectivity index (χ1n) is 8.18. The highest BCUT2D eigenvalue weighted by atomic mass is 19.1. The number of aliphatic hydroxyl groups excluding tert-OH is 1. The molecular weight excluding hydrogens is 335 g/mol. The van der Waals surface area contributed by atoms with Crippen LogP contribution in [-0.4, -0.2) is 26.0 Å². The van der Waals surface area contributed by atoms with Crippen LogP contribution in [0.25, 0.3) is 0 Å². The van der Waals surface area contributed by atoms with Crippen molar-refractivity contribution in [3.05, 3.63) is 76.9 Å². The summed E-state index contributed by atoms with van der Waals surface area (Å²) in [7, 11) is 0. The Hall–Kier alpha value is -3.06. The Balaban J connectivity index is 1.63. The lowest BCUT2D eigenvalue weighted by Crippen LogP contribution is -2.15. The van der Waals surface area contributed by atoms with Crippen LogP contribution in [0, 0.1) is 12.7 Å². The summed E-state index contributed by atoms with van der Waals surface area (Å²) in [6, 6.07) is 13.2. The lowest BCUT2D eigenvalue weighted by Gasteiger charge is -2.06. The lowest BCUT2D eigenvalue weighted by molar-refractivity contribution is -0.115. The Morgan fingerprint density at radius 1 is 1.12 bits per heavy atom. The number of carbonyl (C=O) groups is 1. The molecule has 0 saturated heterocycles. The monoisotopic (exact) mass is 354 g/mol. The summed E-state index contributed by atoms with van der Waals surface area (Å²) >= 11 is 0. The van der Waals surface area contributed by atoms with Crippen LogP contribution in [0.15, 0.2) is 48.5 Å². The smallest absolute Gasteiger partial charge is 0.230 e. The van der Waals surface area contributed by atoms with Gasteiger partial charge in [-0.25, -0.2) is 9.07 Å². The Morgan fingerprint density at radius 3 is 2.42 bits per heavy atom. The SMILES string of the molecule is Cc1c(CC(=O)Nc2ccc(CO)cc2)nnn1Cc1ccc(F)cc1. The second-order valence-corrected chi connectivity index (χ2v) is 5.99. The number of amides is 1. The van der Waals surface area contributed by atoms with E-state index in [4.69, 9.17) is 5.11 Å². The number of aromatic nitrogens is 3. The number of aliphatic hydroxyl groups is 1. The van der Waals surface area contributed by atoms with Gasteiger partial charge in [-0.15, -0.1) is 5.10 Å². The fourth-order valence-electron chi connectivity index (χ4n) is 2.52. The fourth-order valence-corrected chi connectivity index (χ4v) is 2.52. The summed E-state index contributed by atoms with van der Waals surface area (Å²) < 4.78 is 14.7. The van der Waals surface area contributed by atoms with E-state index >= 15 is 0 Å². The quantitative estimate of drug-likeness (QED) is 0.713. The van der Waals surface area contributed by atoms with Gasteiger partial charge in [0.15, 0.2) is 0 Å². The molecule has 2 aromatic carbocycles. The van der Waals surface area contributed by atoms with Crippen molar-refractivity contribution in [3.8, 4) is 0 Å². The van der Waals surface area contributed by atoms with Gasteiger partial charge in [0.05, 0.1) is 31.0 Å². The van der Waals surface area contributed by atoms with Crippen LogP contribution in [0.2, 0.25) is 0 Å². The van der Waals surface area contributed by atoms with Crippen LogP contribution in [0.3, 0.4) is 0 Å². The van der Waals surface area contributed by atoms with Gasteiger partial charge in [0, 0.05) is 5.69 Å². The van der Waals surface area contributed by atoms with Crippen molar-refractivity contribution >= 4 is 11.6 Å². The second kappa shape index (κ2) is 7.88. The molecule has 7 heteroatoms. The van der Waals surface area contributed by atoms with E-state index < -0.39 is 0 Å². The maximum Gasteiger partial charge on any atom is 0.230 e. The van der Waals surface area contributed by atoms with E-state index in [1.54, 1.807) is 41.1 Å². The zero-order chi connectivity index (χ0) is 18.5. The number of benzene rings is 2. The normalized spacial score (nSPS) is 10.7. The van der Waals surface area contributed by atoms with Gasteiger partial charge in [-0.05, 0) is 42.3 Å². The molecule has 1 aromatic heterocycles. The molecule has 6 nitrogen and oxygen atoms in total. The Labute approximate surface area is 150 Å². The molecule has 0 atom stereocenters. The number of hydrogen-bond donors (Lipinski definition) is 2. The van der Waals surface area contributed by atoms with Gasteiger partial charge in [-0.3, -0.25) is 4.79 Å². The summed E-state index contributed by atoms with van der Waals surface area (Å²) in [6.45, 7) is 2.27. The molecule has 3 aromatic rings. The van der Waals surface area contributed by atoms with E-state index in [1.165, 1.54) is 12.1 Å². The third-order valence-corrected chi connectivity index (χ3v) is 4.07. The lowest BCUT2D eigenvalue weighted by atomic mass is 10.2. The van der Waals surface area contributed by atoms with Crippen molar-refractivity contribution in [2.24, 2.45) is 0 Å². The Kier molecular flexibility index (Phi) is 5.38. The summed E-state index contributed by atoms with van der Waals surface area (Å²) in [6.07, 6.45) is 0.108.